The van der Waals surface area contributed by atoms with Gasteiger partial charge >= 0.3 is 0 Å². The topological polar surface area (TPSA) is 91.0 Å². The van der Waals surface area contributed by atoms with Gasteiger partial charge in [-0.1, -0.05) is 42.5 Å². The molecule has 3 aliphatic heterocycles. The highest BCUT2D eigenvalue weighted by Gasteiger charge is 2.36. The zero-order chi connectivity index (χ0) is 23.7. The van der Waals surface area contributed by atoms with Crippen molar-refractivity contribution in [3.8, 4) is 0 Å². The Morgan fingerprint density at radius 2 is 1.65 bits per heavy atom. The molecule has 2 aromatic rings. The summed E-state index contributed by atoms with van der Waals surface area (Å²) in [5.41, 5.74) is 8.94. The van der Waals surface area contributed by atoms with Gasteiger partial charge in [0.2, 0.25) is 12.1 Å². The summed E-state index contributed by atoms with van der Waals surface area (Å²) in [6, 6.07) is 16.8. The second-order valence-corrected chi connectivity index (χ2v) is 9.87. The second-order valence-electron chi connectivity index (χ2n) is 9.87. The van der Waals surface area contributed by atoms with E-state index in [0.717, 1.165) is 35.7 Å². The minimum absolute atomic E-state index is 0.263. The van der Waals surface area contributed by atoms with Crippen LogP contribution in [0.3, 0.4) is 0 Å². The summed E-state index contributed by atoms with van der Waals surface area (Å²) in [5.74, 6) is 1.46. The van der Waals surface area contributed by atoms with Crippen LogP contribution in [-0.4, -0.2) is 54.9 Å². The van der Waals surface area contributed by atoms with Gasteiger partial charge in [0.05, 0.1) is 11.7 Å². The first-order chi connectivity index (χ1) is 16.5. The molecule has 34 heavy (non-hydrogen) atoms. The molecule has 2 bridgehead atoms. The number of nitrogens with zero attached hydrogens (tertiary/aromatic N) is 3. The molecule has 1 aliphatic carbocycles. The van der Waals surface area contributed by atoms with E-state index in [-0.39, 0.29) is 11.8 Å². The van der Waals surface area contributed by atoms with Gasteiger partial charge in [0.25, 0.3) is 5.91 Å². The van der Waals surface area contributed by atoms with E-state index in [4.69, 9.17) is 10.7 Å². The molecule has 2 aromatic carbocycles. The van der Waals surface area contributed by atoms with Crippen LogP contribution >= 0.6 is 0 Å². The van der Waals surface area contributed by atoms with Crippen LogP contribution in [0.1, 0.15) is 36.8 Å². The average molecular weight is 460 g/mol. The molecule has 2 unspecified atom stereocenters. The number of likely N-dealkylation sites (N-methyl/N-ethyl adjacent to an activating group) is 1. The predicted molar refractivity (Wildman–Crippen MR) is 133 cm³/mol. The molecule has 1 saturated carbocycles. The van der Waals surface area contributed by atoms with Crippen molar-refractivity contribution >= 4 is 23.3 Å². The lowest BCUT2D eigenvalue weighted by Crippen LogP contribution is -2.51. The number of hydrogen-bond acceptors (Lipinski definition) is 5. The van der Waals surface area contributed by atoms with E-state index in [0.29, 0.717) is 18.3 Å². The van der Waals surface area contributed by atoms with Crippen molar-refractivity contribution in [2.75, 3.05) is 25.0 Å². The Balaban J connectivity index is 1.44. The first kappa shape index (κ1) is 22.6. The summed E-state index contributed by atoms with van der Waals surface area (Å²) in [5, 5.41) is 2.85. The summed E-state index contributed by atoms with van der Waals surface area (Å²) < 4.78 is 0. The largest absolute Gasteiger partial charge is 0.356 e. The van der Waals surface area contributed by atoms with Gasteiger partial charge in [-0.3, -0.25) is 9.59 Å². The lowest BCUT2D eigenvalue weighted by molar-refractivity contribution is -0.128. The number of benzodiazepines with no additional fused rings is 1. The first-order valence-electron chi connectivity index (χ1n) is 12.3. The van der Waals surface area contributed by atoms with Crippen LogP contribution in [0.2, 0.25) is 0 Å². The van der Waals surface area contributed by atoms with Crippen molar-refractivity contribution < 1.29 is 9.59 Å². The third-order valence-corrected chi connectivity index (χ3v) is 7.46. The Morgan fingerprint density at radius 3 is 2.32 bits per heavy atom. The van der Waals surface area contributed by atoms with E-state index in [1.165, 1.54) is 25.7 Å². The molecule has 7 nitrogen and oxygen atoms in total. The third-order valence-electron chi connectivity index (χ3n) is 7.46. The maximum absolute atomic E-state index is 13.4. The summed E-state index contributed by atoms with van der Waals surface area (Å²) in [4.78, 5) is 35.3. The molecule has 0 spiro atoms. The van der Waals surface area contributed by atoms with Crippen LogP contribution in [0.4, 0.5) is 5.69 Å². The first-order valence-corrected chi connectivity index (χ1v) is 12.3. The summed E-state index contributed by atoms with van der Waals surface area (Å²) in [6.07, 6.45) is 4.40. The fourth-order valence-electron chi connectivity index (χ4n) is 5.52. The van der Waals surface area contributed by atoms with Crippen LogP contribution in [0, 0.1) is 11.8 Å². The Morgan fingerprint density at radius 1 is 1.03 bits per heavy atom. The smallest absolute Gasteiger partial charge is 0.272 e. The Kier molecular flexibility index (Phi) is 6.37. The number of hydrogen-bond donors (Lipinski definition) is 2. The molecular weight excluding hydrogens is 426 g/mol. The monoisotopic (exact) mass is 459 g/mol. The minimum atomic E-state index is -1.01. The molecule has 7 heteroatoms. The van der Waals surface area contributed by atoms with E-state index < -0.39 is 12.2 Å². The van der Waals surface area contributed by atoms with Gasteiger partial charge in [-0.25, -0.2) is 4.99 Å². The van der Waals surface area contributed by atoms with Gasteiger partial charge in [-0.15, -0.1) is 0 Å². The fraction of sp³-hybridized carbons (Fsp3) is 0.444. The highest BCUT2D eigenvalue weighted by molar-refractivity contribution is 6.12. The maximum atomic E-state index is 13.4. The van der Waals surface area contributed by atoms with Crippen LogP contribution < -0.4 is 16.0 Å². The van der Waals surface area contributed by atoms with Crippen molar-refractivity contribution in [1.29, 1.82) is 0 Å². The van der Waals surface area contributed by atoms with Gasteiger partial charge in [0.15, 0.2) is 0 Å². The van der Waals surface area contributed by atoms with E-state index in [1.54, 1.807) is 11.9 Å². The number of para-hydroxylation sites is 1. The van der Waals surface area contributed by atoms with Gasteiger partial charge in [-0.2, -0.15) is 0 Å². The van der Waals surface area contributed by atoms with Gasteiger partial charge < -0.3 is 20.9 Å². The summed E-state index contributed by atoms with van der Waals surface area (Å²) in [7, 11) is 1.74. The van der Waals surface area contributed by atoms with Crippen LogP contribution in [0.5, 0.6) is 0 Å². The third kappa shape index (κ3) is 4.57. The van der Waals surface area contributed by atoms with Crippen molar-refractivity contribution in [1.82, 2.24) is 10.2 Å². The van der Waals surface area contributed by atoms with E-state index >= 15 is 0 Å². The number of rotatable bonds is 4. The van der Waals surface area contributed by atoms with E-state index in [9.17, 15) is 9.59 Å². The SMILES string of the molecule is CN1C(=O)C(NC(=O)C(N)Cc2ccccc2)N=C(N2CC3CCC(CC3)C2)c2ccccc21. The van der Waals surface area contributed by atoms with Crippen molar-refractivity contribution in [3.63, 3.8) is 0 Å². The summed E-state index contributed by atoms with van der Waals surface area (Å²) >= 11 is 0. The molecule has 0 radical (unpaired) electrons. The number of nitrogens with two attached hydrogens (primary N) is 1. The molecule has 3 heterocycles. The molecule has 3 N–H and O–H groups in total. The minimum Gasteiger partial charge on any atom is -0.356 e. The van der Waals surface area contributed by atoms with Gasteiger partial charge in [0.1, 0.15) is 5.84 Å². The molecule has 0 aromatic heterocycles. The number of fused-ring (bicyclic) bond motifs is 5. The van der Waals surface area contributed by atoms with Crippen molar-refractivity contribution in [3.05, 3.63) is 65.7 Å². The number of amides is 2. The molecule has 2 atom stereocenters. The van der Waals surface area contributed by atoms with Gasteiger partial charge in [-0.05, 0) is 61.6 Å². The number of benzene rings is 2. The lowest BCUT2D eigenvalue weighted by atomic mass is 9.84. The predicted octanol–water partition coefficient (Wildman–Crippen LogP) is 2.54. The van der Waals surface area contributed by atoms with Crippen LogP contribution in [0.15, 0.2) is 59.6 Å². The highest BCUT2D eigenvalue weighted by atomic mass is 16.2. The van der Waals surface area contributed by atoms with Crippen molar-refractivity contribution in [2.24, 2.45) is 22.6 Å². The molecule has 2 saturated heterocycles. The average Bonchev–Trinajstić information content (AvgIpc) is 3.23. The van der Waals surface area contributed by atoms with E-state index in [1.807, 2.05) is 54.6 Å². The number of nitrogens with one attached hydrogen (secondary N) is 1. The normalized spacial score (nSPS) is 25.2. The lowest BCUT2D eigenvalue weighted by Gasteiger charge is -2.27. The standard InChI is InChI=1S/C27H33N5O2/c1-31-23-10-6-5-9-21(23)25(32-16-19-11-12-20(17-32)14-13-19)29-24(27(31)34)30-26(33)22(28)15-18-7-3-2-4-8-18/h2-10,19-20,22,24H,11-17,28H2,1H3,(H,30,33). The number of amidine groups is 1. The number of carbonyl (C=O) groups excluding carboxylic acids is 2. The Labute approximate surface area is 201 Å². The zero-order valence-corrected chi connectivity index (χ0v) is 19.7. The Bertz CT molecular complexity index is 1060. The summed E-state index contributed by atoms with van der Waals surface area (Å²) in [6.45, 7) is 1.88. The van der Waals surface area contributed by atoms with Crippen molar-refractivity contribution in [2.45, 2.75) is 44.3 Å². The zero-order valence-electron chi connectivity index (χ0n) is 19.7. The molecule has 178 valence electrons. The maximum Gasteiger partial charge on any atom is 0.272 e. The van der Waals surface area contributed by atoms with E-state index in [2.05, 4.69) is 10.2 Å². The molecule has 4 aliphatic rings. The number of aliphatic imine (C=N–C) groups is 1. The molecular formula is C27H33N5O2. The molecule has 2 amide bonds. The molecule has 3 fully saturated rings. The van der Waals surface area contributed by atoms with Crippen LogP contribution in [0.25, 0.3) is 0 Å². The number of carbonyl (C=O) groups is 2. The fourth-order valence-corrected chi connectivity index (χ4v) is 5.52. The quantitative estimate of drug-likeness (QED) is 0.735. The van der Waals surface area contributed by atoms with Crippen LogP contribution in [-0.2, 0) is 16.0 Å². The highest BCUT2D eigenvalue weighted by Crippen LogP contribution is 2.36. The van der Waals surface area contributed by atoms with Gasteiger partial charge in [0, 0.05) is 25.7 Å². The second kappa shape index (κ2) is 9.58. The number of anilines is 1. The molecule has 6 rings (SSSR count). The Hall–Kier alpha value is -3.19.